The summed E-state index contributed by atoms with van der Waals surface area (Å²) in [6, 6.07) is 1.70. The van der Waals surface area contributed by atoms with E-state index >= 15 is 0 Å². The SMILES string of the molecule is C=CC1CC(=O)N(c2cnccc2N)C1. The predicted octanol–water partition coefficient (Wildman–Crippen LogP) is 1.20. The first-order chi connectivity index (χ1) is 7.22. The van der Waals surface area contributed by atoms with Crippen molar-refractivity contribution in [3.05, 3.63) is 31.1 Å². The van der Waals surface area contributed by atoms with Crippen molar-refractivity contribution < 1.29 is 4.79 Å². The van der Waals surface area contributed by atoms with E-state index in [-0.39, 0.29) is 11.8 Å². The highest BCUT2D eigenvalue weighted by atomic mass is 16.2. The number of hydrogen-bond donors (Lipinski definition) is 1. The van der Waals surface area contributed by atoms with Crippen molar-refractivity contribution >= 4 is 17.3 Å². The van der Waals surface area contributed by atoms with Gasteiger partial charge < -0.3 is 10.6 Å². The highest BCUT2D eigenvalue weighted by molar-refractivity contribution is 5.98. The number of carbonyl (C=O) groups is 1. The minimum atomic E-state index is 0.0830. The number of pyridine rings is 1. The van der Waals surface area contributed by atoms with Crippen LogP contribution < -0.4 is 10.6 Å². The van der Waals surface area contributed by atoms with Gasteiger partial charge in [0.2, 0.25) is 5.91 Å². The normalized spacial score (nSPS) is 20.7. The molecule has 2 N–H and O–H groups in total. The van der Waals surface area contributed by atoms with E-state index in [9.17, 15) is 4.79 Å². The molecule has 2 rings (SSSR count). The average Bonchev–Trinajstić information content (AvgIpc) is 2.60. The van der Waals surface area contributed by atoms with Gasteiger partial charge in [0.15, 0.2) is 0 Å². The lowest BCUT2D eigenvalue weighted by Crippen LogP contribution is -2.25. The van der Waals surface area contributed by atoms with Crippen LogP contribution in [-0.4, -0.2) is 17.4 Å². The number of nitrogens with zero attached hydrogens (tertiary/aromatic N) is 2. The number of nitrogen functional groups attached to an aromatic ring is 1. The van der Waals surface area contributed by atoms with Crippen LogP contribution in [0.25, 0.3) is 0 Å². The molecule has 1 aromatic heterocycles. The van der Waals surface area contributed by atoms with Crippen molar-refractivity contribution in [2.75, 3.05) is 17.2 Å². The quantitative estimate of drug-likeness (QED) is 0.735. The van der Waals surface area contributed by atoms with Crippen LogP contribution in [0.5, 0.6) is 0 Å². The third-order valence-electron chi connectivity index (χ3n) is 2.61. The van der Waals surface area contributed by atoms with Gasteiger partial charge in [-0.3, -0.25) is 9.78 Å². The summed E-state index contributed by atoms with van der Waals surface area (Å²) in [6.07, 6.45) is 5.56. The number of aromatic nitrogens is 1. The van der Waals surface area contributed by atoms with Gasteiger partial charge in [0.1, 0.15) is 0 Å². The largest absolute Gasteiger partial charge is 0.397 e. The first kappa shape index (κ1) is 9.71. The maximum absolute atomic E-state index is 11.7. The minimum Gasteiger partial charge on any atom is -0.397 e. The fraction of sp³-hybridized carbons (Fsp3) is 0.273. The van der Waals surface area contributed by atoms with Gasteiger partial charge in [-0.25, -0.2) is 0 Å². The number of nitrogens with two attached hydrogens (primary N) is 1. The summed E-state index contributed by atoms with van der Waals surface area (Å²) in [7, 11) is 0. The van der Waals surface area contributed by atoms with Gasteiger partial charge in [-0.15, -0.1) is 6.58 Å². The highest BCUT2D eigenvalue weighted by Gasteiger charge is 2.29. The Morgan fingerprint density at radius 2 is 2.47 bits per heavy atom. The van der Waals surface area contributed by atoms with E-state index in [2.05, 4.69) is 11.6 Å². The zero-order chi connectivity index (χ0) is 10.8. The topological polar surface area (TPSA) is 59.2 Å². The van der Waals surface area contributed by atoms with Gasteiger partial charge in [0, 0.05) is 25.1 Å². The Morgan fingerprint density at radius 1 is 1.67 bits per heavy atom. The van der Waals surface area contributed by atoms with E-state index in [0.29, 0.717) is 24.3 Å². The molecule has 1 fully saturated rings. The lowest BCUT2D eigenvalue weighted by molar-refractivity contribution is -0.117. The molecule has 0 radical (unpaired) electrons. The first-order valence-corrected chi connectivity index (χ1v) is 4.84. The van der Waals surface area contributed by atoms with Crippen LogP contribution in [0.15, 0.2) is 31.1 Å². The van der Waals surface area contributed by atoms with Crippen molar-refractivity contribution in [3.63, 3.8) is 0 Å². The summed E-state index contributed by atoms with van der Waals surface area (Å²) < 4.78 is 0. The van der Waals surface area contributed by atoms with Gasteiger partial charge in [0.05, 0.1) is 17.6 Å². The van der Waals surface area contributed by atoms with Crippen LogP contribution in [0.2, 0.25) is 0 Å². The standard InChI is InChI=1S/C11H13N3O/c1-2-8-5-11(15)14(7-8)10-6-13-4-3-9(10)12/h2-4,6,8H,1,5,7H2,(H2,12,13). The molecule has 0 bridgehead atoms. The van der Waals surface area contributed by atoms with Gasteiger partial charge >= 0.3 is 0 Å². The summed E-state index contributed by atoms with van der Waals surface area (Å²) in [5.74, 6) is 0.303. The maximum atomic E-state index is 11.7. The van der Waals surface area contributed by atoms with E-state index in [4.69, 9.17) is 5.73 Å². The predicted molar refractivity (Wildman–Crippen MR) is 59.3 cm³/mol. The molecule has 0 aromatic carbocycles. The Bertz CT molecular complexity index is 403. The molecule has 1 saturated heterocycles. The van der Waals surface area contributed by atoms with E-state index in [1.54, 1.807) is 23.4 Å². The molecule has 4 heteroatoms. The Morgan fingerprint density at radius 3 is 3.07 bits per heavy atom. The smallest absolute Gasteiger partial charge is 0.227 e. The monoisotopic (exact) mass is 203 g/mol. The molecule has 1 aliphatic rings. The number of carbonyl (C=O) groups excluding carboxylic acids is 1. The van der Waals surface area contributed by atoms with Crippen LogP contribution in [0.4, 0.5) is 11.4 Å². The second-order valence-electron chi connectivity index (χ2n) is 3.64. The molecule has 1 aliphatic heterocycles. The molecule has 15 heavy (non-hydrogen) atoms. The number of rotatable bonds is 2. The van der Waals surface area contributed by atoms with Crippen LogP contribution in [-0.2, 0) is 4.79 Å². The van der Waals surface area contributed by atoms with Crippen LogP contribution in [0.1, 0.15) is 6.42 Å². The fourth-order valence-electron chi connectivity index (χ4n) is 1.75. The first-order valence-electron chi connectivity index (χ1n) is 4.84. The number of amides is 1. The molecule has 1 atom stereocenters. The van der Waals surface area contributed by atoms with E-state index in [0.717, 1.165) is 0 Å². The molecule has 1 amide bonds. The third-order valence-corrected chi connectivity index (χ3v) is 2.61. The molecule has 78 valence electrons. The lowest BCUT2D eigenvalue weighted by atomic mass is 10.1. The maximum Gasteiger partial charge on any atom is 0.227 e. The van der Waals surface area contributed by atoms with Gasteiger partial charge in [-0.1, -0.05) is 6.08 Å². The molecule has 2 heterocycles. The van der Waals surface area contributed by atoms with Crippen molar-refractivity contribution in [2.24, 2.45) is 5.92 Å². The Balaban J connectivity index is 2.29. The second-order valence-corrected chi connectivity index (χ2v) is 3.64. The Kier molecular flexibility index (Phi) is 2.41. The average molecular weight is 203 g/mol. The zero-order valence-electron chi connectivity index (χ0n) is 8.39. The molecular formula is C11H13N3O. The van der Waals surface area contributed by atoms with Gasteiger partial charge in [0.25, 0.3) is 0 Å². The summed E-state index contributed by atoms with van der Waals surface area (Å²) >= 11 is 0. The molecule has 0 aliphatic carbocycles. The van der Waals surface area contributed by atoms with Crippen LogP contribution >= 0.6 is 0 Å². The van der Waals surface area contributed by atoms with Crippen LogP contribution in [0.3, 0.4) is 0 Å². The van der Waals surface area contributed by atoms with Crippen molar-refractivity contribution in [3.8, 4) is 0 Å². The summed E-state index contributed by atoms with van der Waals surface area (Å²) in [6.45, 7) is 4.35. The van der Waals surface area contributed by atoms with Crippen molar-refractivity contribution in [2.45, 2.75) is 6.42 Å². The van der Waals surface area contributed by atoms with Crippen LogP contribution in [0, 0.1) is 5.92 Å². The summed E-state index contributed by atoms with van der Waals surface area (Å²) in [5, 5.41) is 0. The summed E-state index contributed by atoms with van der Waals surface area (Å²) in [5.41, 5.74) is 7.08. The van der Waals surface area contributed by atoms with Gasteiger partial charge in [-0.2, -0.15) is 0 Å². The molecular weight excluding hydrogens is 190 g/mol. The third kappa shape index (κ3) is 1.70. The molecule has 1 unspecified atom stereocenters. The van der Waals surface area contributed by atoms with Crippen molar-refractivity contribution in [1.82, 2.24) is 4.98 Å². The fourth-order valence-corrected chi connectivity index (χ4v) is 1.75. The minimum absolute atomic E-state index is 0.0830. The molecule has 0 spiro atoms. The number of anilines is 2. The Labute approximate surface area is 88.4 Å². The van der Waals surface area contributed by atoms with Crippen molar-refractivity contribution in [1.29, 1.82) is 0 Å². The molecule has 4 nitrogen and oxygen atoms in total. The van der Waals surface area contributed by atoms with E-state index < -0.39 is 0 Å². The Hall–Kier alpha value is -1.84. The summed E-state index contributed by atoms with van der Waals surface area (Å²) in [4.78, 5) is 17.3. The highest BCUT2D eigenvalue weighted by Crippen LogP contribution is 2.28. The zero-order valence-corrected chi connectivity index (χ0v) is 8.39. The second kappa shape index (κ2) is 3.73. The van der Waals surface area contributed by atoms with E-state index in [1.807, 2.05) is 6.08 Å². The van der Waals surface area contributed by atoms with E-state index in [1.165, 1.54) is 0 Å². The molecule has 1 aromatic rings. The van der Waals surface area contributed by atoms with Gasteiger partial charge in [-0.05, 0) is 6.07 Å². The molecule has 0 saturated carbocycles. The lowest BCUT2D eigenvalue weighted by Gasteiger charge is -2.17. The number of hydrogen-bond acceptors (Lipinski definition) is 3.